The van der Waals surface area contributed by atoms with E-state index in [1.807, 2.05) is 52.9 Å². The largest absolute Gasteiger partial charge is 0.457 e. The molecule has 1 aromatic rings. The highest BCUT2D eigenvalue weighted by Gasteiger charge is 2.03. The summed E-state index contributed by atoms with van der Waals surface area (Å²) in [6, 6.07) is 9.54. The molecule has 0 saturated heterocycles. The lowest BCUT2D eigenvalue weighted by atomic mass is 10.2. The standard InChI is InChI=1S/C10H9IO2/c1-8(11)10(12)13-7-9-5-3-2-4-6-9/h2-6H,1,7H2. The Balaban J connectivity index is 2.44. The van der Waals surface area contributed by atoms with Gasteiger partial charge < -0.3 is 4.74 Å². The number of rotatable bonds is 3. The lowest BCUT2D eigenvalue weighted by Crippen LogP contribution is -2.02. The Morgan fingerprint density at radius 1 is 1.38 bits per heavy atom. The molecule has 0 saturated carbocycles. The molecule has 0 heterocycles. The van der Waals surface area contributed by atoms with Crippen LogP contribution in [0.25, 0.3) is 0 Å². The molecule has 0 amide bonds. The zero-order valence-electron chi connectivity index (χ0n) is 7.00. The molecule has 0 radical (unpaired) electrons. The lowest BCUT2D eigenvalue weighted by molar-refractivity contribution is -0.139. The fourth-order valence-corrected chi connectivity index (χ4v) is 0.957. The second kappa shape index (κ2) is 5.01. The van der Waals surface area contributed by atoms with Crippen LogP contribution in [0.3, 0.4) is 0 Å². The van der Waals surface area contributed by atoms with Crippen molar-refractivity contribution >= 4 is 28.6 Å². The number of ether oxygens (including phenoxy) is 1. The summed E-state index contributed by atoms with van der Waals surface area (Å²) in [6.45, 7) is 3.79. The molecule has 0 N–H and O–H groups in total. The predicted molar refractivity (Wildman–Crippen MR) is 59.4 cm³/mol. The first kappa shape index (κ1) is 10.2. The molecule has 13 heavy (non-hydrogen) atoms. The molecular weight excluding hydrogens is 279 g/mol. The molecule has 2 nitrogen and oxygen atoms in total. The second-order valence-electron chi connectivity index (χ2n) is 2.47. The Kier molecular flexibility index (Phi) is 3.95. The maximum absolute atomic E-state index is 11.0. The highest BCUT2D eigenvalue weighted by Crippen LogP contribution is 2.07. The van der Waals surface area contributed by atoms with Gasteiger partial charge in [-0.2, -0.15) is 0 Å². The second-order valence-corrected chi connectivity index (χ2v) is 3.77. The molecule has 1 aromatic carbocycles. The third kappa shape index (κ3) is 3.59. The molecule has 0 atom stereocenters. The van der Waals surface area contributed by atoms with Crippen molar-refractivity contribution in [1.29, 1.82) is 0 Å². The number of carbonyl (C=O) groups is 1. The summed E-state index contributed by atoms with van der Waals surface area (Å²) in [6.07, 6.45) is 0. The van der Waals surface area contributed by atoms with Crippen molar-refractivity contribution in [2.75, 3.05) is 0 Å². The topological polar surface area (TPSA) is 26.3 Å². The third-order valence-corrected chi connectivity index (χ3v) is 1.87. The first-order valence-electron chi connectivity index (χ1n) is 3.75. The Bertz CT molecular complexity index is 306. The molecule has 0 aliphatic carbocycles. The minimum atomic E-state index is -0.357. The number of hydrogen-bond donors (Lipinski definition) is 0. The SMILES string of the molecule is C=C(I)C(=O)OCc1ccccc1. The van der Waals surface area contributed by atoms with Gasteiger partial charge in [-0.25, -0.2) is 4.79 Å². The van der Waals surface area contributed by atoms with Gasteiger partial charge >= 0.3 is 5.97 Å². The smallest absolute Gasteiger partial charge is 0.344 e. The van der Waals surface area contributed by atoms with E-state index in [-0.39, 0.29) is 5.97 Å². The third-order valence-electron chi connectivity index (χ3n) is 1.43. The number of carbonyl (C=O) groups excluding carboxylic acids is 1. The monoisotopic (exact) mass is 288 g/mol. The molecule has 1 rings (SSSR count). The summed E-state index contributed by atoms with van der Waals surface area (Å²) in [5.74, 6) is -0.357. The van der Waals surface area contributed by atoms with E-state index < -0.39 is 0 Å². The maximum Gasteiger partial charge on any atom is 0.344 e. The Morgan fingerprint density at radius 3 is 2.54 bits per heavy atom. The molecule has 3 heteroatoms. The van der Waals surface area contributed by atoms with Crippen LogP contribution in [0.1, 0.15) is 5.56 Å². The average Bonchev–Trinajstić information content (AvgIpc) is 2.15. The van der Waals surface area contributed by atoms with Crippen LogP contribution in [0.4, 0.5) is 0 Å². The van der Waals surface area contributed by atoms with Gasteiger partial charge in [-0.3, -0.25) is 0 Å². The Morgan fingerprint density at radius 2 is 2.00 bits per heavy atom. The fourth-order valence-electron chi connectivity index (χ4n) is 0.801. The van der Waals surface area contributed by atoms with Gasteiger partial charge in [0.2, 0.25) is 0 Å². The van der Waals surface area contributed by atoms with Crippen LogP contribution >= 0.6 is 22.6 Å². The quantitative estimate of drug-likeness (QED) is 0.485. The van der Waals surface area contributed by atoms with Crippen LogP contribution < -0.4 is 0 Å². The summed E-state index contributed by atoms with van der Waals surface area (Å²) in [4.78, 5) is 11.0. The molecule has 68 valence electrons. The average molecular weight is 288 g/mol. The Hall–Kier alpha value is -0.840. The van der Waals surface area contributed by atoms with E-state index in [0.29, 0.717) is 10.2 Å². The van der Waals surface area contributed by atoms with Gasteiger partial charge in [-0.15, -0.1) is 0 Å². The van der Waals surface area contributed by atoms with Crippen LogP contribution in [0, 0.1) is 0 Å². The van der Waals surface area contributed by atoms with E-state index in [9.17, 15) is 4.79 Å². The normalized spacial score (nSPS) is 9.31. The minimum absolute atomic E-state index is 0.307. The van der Waals surface area contributed by atoms with E-state index in [2.05, 4.69) is 6.58 Å². The van der Waals surface area contributed by atoms with E-state index >= 15 is 0 Å². The molecule has 0 aliphatic rings. The van der Waals surface area contributed by atoms with E-state index in [0.717, 1.165) is 5.56 Å². The number of halogens is 1. The van der Waals surface area contributed by atoms with Gasteiger partial charge in [-0.1, -0.05) is 36.9 Å². The minimum Gasteiger partial charge on any atom is -0.457 e. The first-order valence-corrected chi connectivity index (χ1v) is 4.83. The zero-order valence-corrected chi connectivity index (χ0v) is 9.15. The van der Waals surface area contributed by atoms with Crippen molar-refractivity contribution < 1.29 is 9.53 Å². The van der Waals surface area contributed by atoms with Gasteiger partial charge in [0.1, 0.15) is 6.61 Å². The number of esters is 1. The van der Waals surface area contributed by atoms with Gasteiger partial charge in [0.05, 0.1) is 3.58 Å². The van der Waals surface area contributed by atoms with Crippen LogP contribution in [0.2, 0.25) is 0 Å². The van der Waals surface area contributed by atoms with Crippen molar-refractivity contribution in [3.8, 4) is 0 Å². The van der Waals surface area contributed by atoms with Gasteiger partial charge in [0.25, 0.3) is 0 Å². The number of benzene rings is 1. The molecular formula is C10H9IO2. The lowest BCUT2D eigenvalue weighted by Gasteiger charge is -2.02. The summed E-state index contributed by atoms with van der Waals surface area (Å²) in [5, 5.41) is 0. The number of hydrogen-bond acceptors (Lipinski definition) is 2. The fraction of sp³-hybridized carbons (Fsp3) is 0.100. The van der Waals surface area contributed by atoms with Crippen molar-refractivity contribution in [2.45, 2.75) is 6.61 Å². The van der Waals surface area contributed by atoms with Crippen molar-refractivity contribution in [2.24, 2.45) is 0 Å². The zero-order chi connectivity index (χ0) is 9.68. The highest BCUT2D eigenvalue weighted by atomic mass is 127. The molecule has 0 aliphatic heterocycles. The van der Waals surface area contributed by atoms with Crippen molar-refractivity contribution in [1.82, 2.24) is 0 Å². The summed E-state index contributed by atoms with van der Waals surface area (Å²) in [5.41, 5.74) is 0.980. The highest BCUT2D eigenvalue weighted by molar-refractivity contribution is 14.1. The van der Waals surface area contributed by atoms with Crippen molar-refractivity contribution in [3.63, 3.8) is 0 Å². The first-order chi connectivity index (χ1) is 6.20. The molecule has 0 aromatic heterocycles. The predicted octanol–water partition coefficient (Wildman–Crippen LogP) is 2.68. The van der Waals surface area contributed by atoms with Crippen molar-refractivity contribution in [3.05, 3.63) is 46.1 Å². The van der Waals surface area contributed by atoms with E-state index in [1.54, 1.807) is 0 Å². The molecule has 0 bridgehead atoms. The Labute approximate surface area is 90.7 Å². The summed E-state index contributed by atoms with van der Waals surface area (Å²) in [7, 11) is 0. The summed E-state index contributed by atoms with van der Waals surface area (Å²) < 4.78 is 5.34. The maximum atomic E-state index is 11.0. The summed E-state index contributed by atoms with van der Waals surface area (Å²) >= 11 is 1.84. The van der Waals surface area contributed by atoms with E-state index in [1.165, 1.54) is 0 Å². The van der Waals surface area contributed by atoms with E-state index in [4.69, 9.17) is 4.74 Å². The molecule has 0 spiro atoms. The van der Waals surface area contributed by atoms with Crippen LogP contribution in [-0.4, -0.2) is 5.97 Å². The molecule has 0 unspecified atom stereocenters. The van der Waals surface area contributed by atoms with Gasteiger partial charge in [0, 0.05) is 0 Å². The molecule has 0 fully saturated rings. The van der Waals surface area contributed by atoms with Gasteiger partial charge in [-0.05, 0) is 28.2 Å². The van der Waals surface area contributed by atoms with Crippen LogP contribution in [0.5, 0.6) is 0 Å². The van der Waals surface area contributed by atoms with Crippen LogP contribution in [-0.2, 0) is 16.1 Å². The van der Waals surface area contributed by atoms with Crippen LogP contribution in [0.15, 0.2) is 40.5 Å². The van der Waals surface area contributed by atoms with Gasteiger partial charge in [0.15, 0.2) is 0 Å².